The average molecular weight is 257 g/mol. The first-order valence-corrected chi connectivity index (χ1v) is 6.02. The Morgan fingerprint density at radius 1 is 1.21 bits per heavy atom. The molecule has 4 heteroatoms. The Labute approximate surface area is 112 Å². The van der Waals surface area contributed by atoms with E-state index in [1.54, 1.807) is 38.6 Å². The number of hydrogen-bond donors (Lipinski definition) is 0. The zero-order valence-electron chi connectivity index (χ0n) is 10.9. The fraction of sp³-hybridized carbons (Fsp3) is 0.200. The normalized spacial score (nSPS) is 10.0. The quantitative estimate of drug-likeness (QED) is 0.790. The lowest BCUT2D eigenvalue weighted by Crippen LogP contribution is -2.07. The van der Waals surface area contributed by atoms with Crippen LogP contribution >= 0.6 is 0 Å². The molecule has 0 bridgehead atoms. The number of pyridine rings is 1. The molecule has 0 aliphatic rings. The monoisotopic (exact) mass is 257 g/mol. The molecule has 98 valence electrons. The molecular weight excluding hydrogens is 242 g/mol. The van der Waals surface area contributed by atoms with Crippen LogP contribution in [0.2, 0.25) is 0 Å². The molecule has 0 atom stereocenters. The Bertz CT molecular complexity index is 567. The van der Waals surface area contributed by atoms with E-state index < -0.39 is 0 Å². The van der Waals surface area contributed by atoms with Crippen LogP contribution in [0.4, 0.5) is 0 Å². The second-order valence-electron chi connectivity index (χ2n) is 3.84. The van der Waals surface area contributed by atoms with Crippen molar-refractivity contribution in [2.24, 2.45) is 0 Å². The van der Waals surface area contributed by atoms with E-state index in [0.29, 0.717) is 17.9 Å². The summed E-state index contributed by atoms with van der Waals surface area (Å²) in [6.07, 6.45) is 3.35. The Morgan fingerprint density at radius 3 is 2.58 bits per heavy atom. The first-order valence-electron chi connectivity index (χ1n) is 6.02. The van der Waals surface area contributed by atoms with Crippen molar-refractivity contribution in [2.45, 2.75) is 6.92 Å². The van der Waals surface area contributed by atoms with Crippen molar-refractivity contribution in [3.8, 4) is 16.9 Å². The zero-order valence-corrected chi connectivity index (χ0v) is 10.9. The van der Waals surface area contributed by atoms with Crippen LogP contribution in [0.25, 0.3) is 11.1 Å². The van der Waals surface area contributed by atoms with Gasteiger partial charge >= 0.3 is 5.97 Å². The van der Waals surface area contributed by atoms with Gasteiger partial charge in [0.1, 0.15) is 5.75 Å². The first kappa shape index (κ1) is 13.1. The second kappa shape index (κ2) is 6.00. The fourth-order valence-electron chi connectivity index (χ4n) is 1.90. The lowest BCUT2D eigenvalue weighted by molar-refractivity contribution is 0.0527. The topological polar surface area (TPSA) is 48.4 Å². The van der Waals surface area contributed by atoms with Crippen molar-refractivity contribution in [2.75, 3.05) is 13.7 Å². The minimum atomic E-state index is -0.354. The molecule has 0 spiro atoms. The molecule has 0 aliphatic carbocycles. The standard InChI is InChI=1S/C15H15NO3/c1-3-19-15(17)12-5-4-6-13(18-2)14(12)11-7-9-16-10-8-11/h4-10H,3H2,1-2H3. The molecule has 0 saturated carbocycles. The molecule has 19 heavy (non-hydrogen) atoms. The van der Waals surface area contributed by atoms with Gasteiger partial charge in [-0.2, -0.15) is 0 Å². The van der Waals surface area contributed by atoms with Gasteiger partial charge in [0.2, 0.25) is 0 Å². The third kappa shape index (κ3) is 2.73. The number of hydrogen-bond acceptors (Lipinski definition) is 4. The van der Waals surface area contributed by atoms with Crippen LogP contribution in [0.3, 0.4) is 0 Å². The number of benzene rings is 1. The summed E-state index contributed by atoms with van der Waals surface area (Å²) < 4.78 is 10.4. The van der Waals surface area contributed by atoms with Gasteiger partial charge in [0.25, 0.3) is 0 Å². The van der Waals surface area contributed by atoms with Crippen LogP contribution < -0.4 is 4.74 Å². The van der Waals surface area contributed by atoms with Gasteiger partial charge < -0.3 is 9.47 Å². The summed E-state index contributed by atoms with van der Waals surface area (Å²) in [7, 11) is 1.58. The third-order valence-corrected chi connectivity index (χ3v) is 2.71. The molecule has 0 N–H and O–H groups in total. The van der Waals surface area contributed by atoms with Crippen molar-refractivity contribution in [3.63, 3.8) is 0 Å². The highest BCUT2D eigenvalue weighted by atomic mass is 16.5. The van der Waals surface area contributed by atoms with Crippen molar-refractivity contribution in [1.29, 1.82) is 0 Å². The number of nitrogens with zero attached hydrogens (tertiary/aromatic N) is 1. The minimum Gasteiger partial charge on any atom is -0.496 e. The maximum Gasteiger partial charge on any atom is 0.338 e. The van der Waals surface area contributed by atoms with E-state index in [4.69, 9.17) is 9.47 Å². The van der Waals surface area contributed by atoms with Gasteiger partial charge in [-0.3, -0.25) is 4.98 Å². The Kier molecular flexibility index (Phi) is 4.13. The number of rotatable bonds is 4. The number of carbonyl (C=O) groups excluding carboxylic acids is 1. The van der Waals surface area contributed by atoms with Gasteiger partial charge in [0, 0.05) is 18.0 Å². The van der Waals surface area contributed by atoms with Crippen molar-refractivity contribution in [1.82, 2.24) is 4.98 Å². The van der Waals surface area contributed by atoms with E-state index in [0.717, 1.165) is 11.1 Å². The number of ether oxygens (including phenoxy) is 2. The molecule has 4 nitrogen and oxygen atoms in total. The molecular formula is C15H15NO3. The Balaban J connectivity index is 2.59. The SMILES string of the molecule is CCOC(=O)c1cccc(OC)c1-c1ccncc1. The molecule has 1 aromatic carbocycles. The van der Waals surface area contributed by atoms with Gasteiger partial charge in [0.05, 0.1) is 19.3 Å². The molecule has 1 aromatic heterocycles. The van der Waals surface area contributed by atoms with E-state index in [1.807, 2.05) is 18.2 Å². The molecule has 0 unspecified atom stereocenters. The first-order chi connectivity index (χ1) is 9.27. The Hall–Kier alpha value is -2.36. The smallest absolute Gasteiger partial charge is 0.338 e. The zero-order chi connectivity index (χ0) is 13.7. The lowest BCUT2D eigenvalue weighted by atomic mass is 9.99. The van der Waals surface area contributed by atoms with Crippen LogP contribution in [0, 0.1) is 0 Å². The number of esters is 1. The highest BCUT2D eigenvalue weighted by Gasteiger charge is 2.17. The maximum atomic E-state index is 12.0. The molecule has 1 heterocycles. The summed E-state index contributed by atoms with van der Waals surface area (Å²) in [5, 5.41) is 0. The minimum absolute atomic E-state index is 0.339. The van der Waals surface area contributed by atoms with Gasteiger partial charge in [-0.1, -0.05) is 6.07 Å². The summed E-state index contributed by atoms with van der Waals surface area (Å²) in [5.74, 6) is 0.282. The van der Waals surface area contributed by atoms with Gasteiger partial charge in [-0.05, 0) is 36.8 Å². The van der Waals surface area contributed by atoms with Crippen LogP contribution in [-0.4, -0.2) is 24.7 Å². The van der Waals surface area contributed by atoms with Gasteiger partial charge in [-0.15, -0.1) is 0 Å². The van der Waals surface area contributed by atoms with Crippen molar-refractivity contribution >= 4 is 5.97 Å². The number of methoxy groups -OCH3 is 1. The molecule has 0 saturated heterocycles. The highest BCUT2D eigenvalue weighted by Crippen LogP contribution is 2.33. The predicted octanol–water partition coefficient (Wildman–Crippen LogP) is 2.93. The van der Waals surface area contributed by atoms with Crippen molar-refractivity contribution in [3.05, 3.63) is 48.3 Å². The predicted molar refractivity (Wildman–Crippen MR) is 72.2 cm³/mol. The lowest BCUT2D eigenvalue weighted by Gasteiger charge is -2.13. The number of carbonyl (C=O) groups is 1. The molecule has 0 aliphatic heterocycles. The van der Waals surface area contributed by atoms with Crippen LogP contribution in [-0.2, 0) is 4.74 Å². The van der Waals surface area contributed by atoms with E-state index in [-0.39, 0.29) is 5.97 Å². The van der Waals surface area contributed by atoms with Gasteiger partial charge in [0.15, 0.2) is 0 Å². The molecule has 0 fully saturated rings. The maximum absolute atomic E-state index is 12.0. The van der Waals surface area contributed by atoms with Crippen LogP contribution in [0.15, 0.2) is 42.7 Å². The van der Waals surface area contributed by atoms with E-state index in [1.165, 1.54) is 0 Å². The van der Waals surface area contributed by atoms with E-state index >= 15 is 0 Å². The molecule has 2 aromatic rings. The van der Waals surface area contributed by atoms with Gasteiger partial charge in [-0.25, -0.2) is 4.79 Å². The molecule has 2 rings (SSSR count). The largest absolute Gasteiger partial charge is 0.496 e. The fourth-order valence-corrected chi connectivity index (χ4v) is 1.90. The molecule has 0 amide bonds. The second-order valence-corrected chi connectivity index (χ2v) is 3.84. The highest BCUT2D eigenvalue weighted by molar-refractivity contribution is 5.99. The van der Waals surface area contributed by atoms with E-state index in [9.17, 15) is 4.79 Å². The third-order valence-electron chi connectivity index (χ3n) is 2.71. The van der Waals surface area contributed by atoms with E-state index in [2.05, 4.69) is 4.98 Å². The molecule has 0 radical (unpaired) electrons. The van der Waals surface area contributed by atoms with Crippen molar-refractivity contribution < 1.29 is 14.3 Å². The Morgan fingerprint density at radius 2 is 1.95 bits per heavy atom. The summed E-state index contributed by atoms with van der Waals surface area (Å²) in [4.78, 5) is 16.0. The number of aromatic nitrogens is 1. The summed E-state index contributed by atoms with van der Waals surface area (Å²) in [6.45, 7) is 2.12. The summed E-state index contributed by atoms with van der Waals surface area (Å²) in [6, 6.07) is 8.99. The summed E-state index contributed by atoms with van der Waals surface area (Å²) >= 11 is 0. The summed E-state index contributed by atoms with van der Waals surface area (Å²) in [5.41, 5.74) is 2.09. The van der Waals surface area contributed by atoms with Crippen LogP contribution in [0.1, 0.15) is 17.3 Å². The van der Waals surface area contributed by atoms with Crippen LogP contribution in [0.5, 0.6) is 5.75 Å². The average Bonchev–Trinajstić information content (AvgIpc) is 2.47.